The van der Waals surface area contributed by atoms with E-state index in [1.165, 1.54) is 30.4 Å². The molecule has 16 heavy (non-hydrogen) atoms. The summed E-state index contributed by atoms with van der Waals surface area (Å²) in [6, 6.07) is 10.8. The zero-order valence-electron chi connectivity index (χ0n) is 9.76. The molecule has 0 amide bonds. The third-order valence-corrected chi connectivity index (χ3v) is 2.78. The lowest BCUT2D eigenvalue weighted by Gasteiger charge is -2.03. The van der Waals surface area contributed by atoms with Gasteiger partial charge in [-0.05, 0) is 37.8 Å². The molecule has 0 bridgehead atoms. The minimum Gasteiger partial charge on any atom is -0.273 e. The van der Waals surface area contributed by atoms with Gasteiger partial charge in [0.2, 0.25) is 0 Å². The van der Waals surface area contributed by atoms with Gasteiger partial charge in [0.05, 0.1) is 0 Å². The third-order valence-electron chi connectivity index (χ3n) is 2.78. The Morgan fingerprint density at radius 2 is 1.94 bits per heavy atom. The van der Waals surface area contributed by atoms with Crippen LogP contribution in [0.1, 0.15) is 24.0 Å². The van der Waals surface area contributed by atoms with Crippen LogP contribution in [0, 0.1) is 6.92 Å². The highest BCUT2D eigenvalue weighted by molar-refractivity contribution is 5.21. The number of nitrogens with zero attached hydrogens (tertiary/aromatic N) is 2. The molecule has 2 heteroatoms. The van der Waals surface area contributed by atoms with Crippen LogP contribution in [0.2, 0.25) is 0 Å². The summed E-state index contributed by atoms with van der Waals surface area (Å²) >= 11 is 0. The third kappa shape index (κ3) is 3.23. The van der Waals surface area contributed by atoms with Crippen LogP contribution >= 0.6 is 0 Å². The summed E-state index contributed by atoms with van der Waals surface area (Å²) in [5.74, 6) is 0. The monoisotopic (exact) mass is 214 g/mol. The molecule has 1 aromatic carbocycles. The highest BCUT2D eigenvalue weighted by atomic mass is 15.3. The topological polar surface area (TPSA) is 17.8 Å². The lowest BCUT2D eigenvalue weighted by molar-refractivity contribution is 0.557. The highest BCUT2D eigenvalue weighted by Crippen LogP contribution is 2.07. The molecule has 0 N–H and O–H groups in total. The van der Waals surface area contributed by atoms with Crippen LogP contribution in [0.5, 0.6) is 0 Å². The molecule has 0 spiro atoms. The molecular formula is C14H18N2. The molecule has 1 aromatic heterocycles. The van der Waals surface area contributed by atoms with Gasteiger partial charge in [0.15, 0.2) is 0 Å². The van der Waals surface area contributed by atoms with Crippen molar-refractivity contribution >= 4 is 0 Å². The Morgan fingerprint density at radius 1 is 1.12 bits per heavy atom. The standard InChI is InChI=1S/C14H18N2/c1-13-6-8-14(9-7-13)5-2-3-11-16-12-4-10-15-16/h4,6-10,12H,2-3,5,11H2,1H3. The molecule has 0 saturated carbocycles. The van der Waals surface area contributed by atoms with Crippen molar-refractivity contribution in [3.05, 3.63) is 53.9 Å². The summed E-state index contributed by atoms with van der Waals surface area (Å²) in [4.78, 5) is 0. The van der Waals surface area contributed by atoms with Gasteiger partial charge < -0.3 is 0 Å². The number of benzene rings is 1. The Hall–Kier alpha value is -1.57. The average Bonchev–Trinajstić information content (AvgIpc) is 2.80. The summed E-state index contributed by atoms with van der Waals surface area (Å²) in [6.07, 6.45) is 7.44. The van der Waals surface area contributed by atoms with E-state index in [4.69, 9.17) is 0 Å². The van der Waals surface area contributed by atoms with Crippen LogP contribution in [0.25, 0.3) is 0 Å². The molecule has 84 valence electrons. The van der Waals surface area contributed by atoms with E-state index in [0.717, 1.165) is 6.54 Å². The quantitative estimate of drug-likeness (QED) is 0.699. The second-order valence-corrected chi connectivity index (χ2v) is 4.21. The van der Waals surface area contributed by atoms with E-state index < -0.39 is 0 Å². The Balaban J connectivity index is 1.70. The molecular weight excluding hydrogens is 196 g/mol. The van der Waals surface area contributed by atoms with Gasteiger partial charge in [-0.25, -0.2) is 0 Å². The number of hydrogen-bond donors (Lipinski definition) is 0. The van der Waals surface area contributed by atoms with Crippen molar-refractivity contribution in [1.29, 1.82) is 0 Å². The molecule has 0 aliphatic carbocycles. The Kier molecular flexibility index (Phi) is 3.76. The molecule has 0 unspecified atom stereocenters. The first kappa shape index (κ1) is 10.9. The predicted molar refractivity (Wildman–Crippen MR) is 66.3 cm³/mol. The first-order valence-electron chi connectivity index (χ1n) is 5.87. The SMILES string of the molecule is Cc1ccc(CCCCn2cccn2)cc1. The van der Waals surface area contributed by atoms with Crippen LogP contribution in [0.3, 0.4) is 0 Å². The van der Waals surface area contributed by atoms with E-state index in [1.54, 1.807) is 0 Å². The molecule has 0 radical (unpaired) electrons. The minimum absolute atomic E-state index is 1.03. The summed E-state index contributed by atoms with van der Waals surface area (Å²) in [5, 5.41) is 4.19. The fourth-order valence-corrected chi connectivity index (χ4v) is 1.79. The first-order valence-corrected chi connectivity index (χ1v) is 5.87. The van der Waals surface area contributed by atoms with Crippen LogP contribution < -0.4 is 0 Å². The molecule has 2 aromatic rings. The summed E-state index contributed by atoms with van der Waals surface area (Å²) < 4.78 is 2.00. The van der Waals surface area contributed by atoms with Crippen LogP contribution in [0.15, 0.2) is 42.7 Å². The molecule has 2 rings (SSSR count). The highest BCUT2D eigenvalue weighted by Gasteiger charge is 1.94. The van der Waals surface area contributed by atoms with Gasteiger partial charge in [-0.2, -0.15) is 5.10 Å². The largest absolute Gasteiger partial charge is 0.273 e. The van der Waals surface area contributed by atoms with Gasteiger partial charge in [0.1, 0.15) is 0 Å². The van der Waals surface area contributed by atoms with Crippen LogP contribution in [0.4, 0.5) is 0 Å². The number of aromatic nitrogens is 2. The van der Waals surface area contributed by atoms with E-state index in [2.05, 4.69) is 36.3 Å². The van der Waals surface area contributed by atoms with Gasteiger partial charge in [0, 0.05) is 18.9 Å². The Bertz CT molecular complexity index is 401. The van der Waals surface area contributed by atoms with Gasteiger partial charge in [-0.3, -0.25) is 4.68 Å². The first-order chi connectivity index (χ1) is 7.84. The van der Waals surface area contributed by atoms with Crippen LogP contribution in [-0.2, 0) is 13.0 Å². The molecule has 0 fully saturated rings. The summed E-state index contributed by atoms with van der Waals surface area (Å²) in [7, 11) is 0. The predicted octanol–water partition coefficient (Wildman–Crippen LogP) is 3.21. The molecule has 1 heterocycles. The van der Waals surface area contributed by atoms with Gasteiger partial charge in [0.25, 0.3) is 0 Å². The van der Waals surface area contributed by atoms with Gasteiger partial charge in [-0.1, -0.05) is 29.8 Å². The van der Waals surface area contributed by atoms with Crippen molar-refractivity contribution in [2.24, 2.45) is 0 Å². The summed E-state index contributed by atoms with van der Waals surface area (Å²) in [5.41, 5.74) is 2.77. The van der Waals surface area contributed by atoms with Gasteiger partial charge >= 0.3 is 0 Å². The zero-order chi connectivity index (χ0) is 11.2. The minimum atomic E-state index is 1.03. The lowest BCUT2D eigenvalue weighted by atomic mass is 10.1. The Morgan fingerprint density at radius 3 is 2.62 bits per heavy atom. The normalized spacial score (nSPS) is 10.6. The fourth-order valence-electron chi connectivity index (χ4n) is 1.79. The fraction of sp³-hybridized carbons (Fsp3) is 0.357. The van der Waals surface area contributed by atoms with Crippen molar-refractivity contribution in [1.82, 2.24) is 9.78 Å². The van der Waals surface area contributed by atoms with Crippen molar-refractivity contribution in [2.75, 3.05) is 0 Å². The number of unbranched alkanes of at least 4 members (excludes halogenated alkanes) is 1. The second kappa shape index (κ2) is 5.50. The van der Waals surface area contributed by atoms with E-state index in [1.807, 2.05) is 23.1 Å². The maximum Gasteiger partial charge on any atom is 0.0489 e. The number of rotatable bonds is 5. The second-order valence-electron chi connectivity index (χ2n) is 4.21. The van der Waals surface area contributed by atoms with E-state index >= 15 is 0 Å². The smallest absolute Gasteiger partial charge is 0.0489 e. The maximum atomic E-state index is 4.19. The van der Waals surface area contributed by atoms with Crippen molar-refractivity contribution < 1.29 is 0 Å². The summed E-state index contributed by atoms with van der Waals surface area (Å²) in [6.45, 7) is 3.15. The Labute approximate surface area is 96.9 Å². The molecule has 0 atom stereocenters. The molecule has 0 saturated heterocycles. The maximum absolute atomic E-state index is 4.19. The van der Waals surface area contributed by atoms with Gasteiger partial charge in [-0.15, -0.1) is 0 Å². The lowest BCUT2D eigenvalue weighted by Crippen LogP contribution is -1.98. The molecule has 0 aliphatic rings. The van der Waals surface area contributed by atoms with E-state index in [0.29, 0.717) is 0 Å². The number of hydrogen-bond acceptors (Lipinski definition) is 1. The van der Waals surface area contributed by atoms with Crippen molar-refractivity contribution in [3.63, 3.8) is 0 Å². The average molecular weight is 214 g/mol. The molecule has 2 nitrogen and oxygen atoms in total. The zero-order valence-corrected chi connectivity index (χ0v) is 9.76. The van der Waals surface area contributed by atoms with Crippen molar-refractivity contribution in [3.8, 4) is 0 Å². The van der Waals surface area contributed by atoms with Crippen LogP contribution in [-0.4, -0.2) is 9.78 Å². The van der Waals surface area contributed by atoms with E-state index in [-0.39, 0.29) is 0 Å². The van der Waals surface area contributed by atoms with Crippen molar-refractivity contribution in [2.45, 2.75) is 32.7 Å². The number of aryl methyl sites for hydroxylation is 3. The molecule has 0 aliphatic heterocycles. The van der Waals surface area contributed by atoms with E-state index in [9.17, 15) is 0 Å².